The van der Waals surface area contributed by atoms with Crippen molar-refractivity contribution < 1.29 is 31.9 Å². The van der Waals surface area contributed by atoms with Gasteiger partial charge in [-0.05, 0) is 55.3 Å². The minimum absolute atomic E-state index is 0.0633. The lowest BCUT2D eigenvalue weighted by Gasteiger charge is -2.21. The number of unbranched alkanes of at least 4 members (excludes halogenated alkanes) is 1. The second-order valence-electron chi connectivity index (χ2n) is 8.26. The molecule has 1 atom stereocenters. The molecule has 0 fully saturated rings. The predicted octanol–water partition coefficient (Wildman–Crippen LogP) is 5.78. The lowest BCUT2D eigenvalue weighted by molar-refractivity contribution is -0.157. The second kappa shape index (κ2) is 12.9. The fourth-order valence-corrected chi connectivity index (χ4v) is 3.58. The second-order valence-corrected chi connectivity index (χ2v) is 8.26. The molecule has 1 aromatic heterocycles. The maximum atomic E-state index is 12.7. The molecule has 0 unspecified atom stereocenters. The lowest BCUT2D eigenvalue weighted by Crippen LogP contribution is -2.26. The molecule has 0 saturated carbocycles. The average molecular weight is 519 g/mol. The molecule has 0 saturated heterocycles. The highest BCUT2D eigenvalue weighted by Crippen LogP contribution is 2.31. The van der Waals surface area contributed by atoms with Crippen LogP contribution in [0.15, 0.2) is 52.9 Å². The zero-order valence-corrected chi connectivity index (χ0v) is 20.6. The number of nitrogens with one attached hydrogen (secondary N) is 2. The number of amides is 1. The number of rotatable bonds is 12. The van der Waals surface area contributed by atoms with Gasteiger partial charge in [0.05, 0.1) is 19.1 Å². The van der Waals surface area contributed by atoms with Gasteiger partial charge in [0.1, 0.15) is 0 Å². The van der Waals surface area contributed by atoms with Crippen LogP contribution in [0.25, 0.3) is 11.5 Å². The minimum Gasteiger partial charge on any atom is -0.466 e. The summed E-state index contributed by atoms with van der Waals surface area (Å²) < 4.78 is 47.8. The van der Waals surface area contributed by atoms with Crippen molar-refractivity contribution in [3.05, 3.63) is 65.5 Å². The smallest absolute Gasteiger partial charge is 0.466 e. The number of benzene rings is 2. The number of nitrogens with zero attached hydrogens (tertiary/aromatic N) is 2. The summed E-state index contributed by atoms with van der Waals surface area (Å²) in [5.41, 5.74) is 2.59. The van der Waals surface area contributed by atoms with Crippen LogP contribution >= 0.6 is 0 Å². The molecule has 0 spiro atoms. The SMILES string of the molecule is CCCC[C@H](Nc1ccc(C(=O)NCCC(=O)OCC)cc1)c1ccc(-c2nnc(C(F)(F)F)o2)cc1. The van der Waals surface area contributed by atoms with Gasteiger partial charge in [-0.2, -0.15) is 13.2 Å². The third kappa shape index (κ3) is 8.06. The van der Waals surface area contributed by atoms with Gasteiger partial charge in [0.25, 0.3) is 5.91 Å². The molecule has 0 radical (unpaired) electrons. The van der Waals surface area contributed by atoms with Gasteiger partial charge in [0, 0.05) is 23.4 Å². The van der Waals surface area contributed by atoms with Crippen molar-refractivity contribution in [2.75, 3.05) is 18.5 Å². The van der Waals surface area contributed by atoms with E-state index in [9.17, 15) is 22.8 Å². The van der Waals surface area contributed by atoms with Crippen molar-refractivity contribution in [1.29, 1.82) is 0 Å². The van der Waals surface area contributed by atoms with Gasteiger partial charge < -0.3 is 19.8 Å². The Morgan fingerprint density at radius 1 is 1.03 bits per heavy atom. The fourth-order valence-electron chi connectivity index (χ4n) is 3.58. The molecule has 11 heteroatoms. The van der Waals surface area contributed by atoms with Crippen LogP contribution < -0.4 is 10.6 Å². The first-order valence-corrected chi connectivity index (χ1v) is 12.0. The van der Waals surface area contributed by atoms with Crippen LogP contribution in [0.1, 0.15) is 67.4 Å². The summed E-state index contributed by atoms with van der Waals surface area (Å²) in [5.74, 6) is -2.24. The van der Waals surface area contributed by atoms with Crippen molar-refractivity contribution in [2.24, 2.45) is 0 Å². The van der Waals surface area contributed by atoms with Crippen LogP contribution in [0.4, 0.5) is 18.9 Å². The third-order valence-corrected chi connectivity index (χ3v) is 5.48. The maximum Gasteiger partial charge on any atom is 0.470 e. The molecular weight excluding hydrogens is 489 g/mol. The molecule has 0 aliphatic rings. The van der Waals surface area contributed by atoms with E-state index in [0.29, 0.717) is 17.7 Å². The van der Waals surface area contributed by atoms with Crippen LogP contribution in [0, 0.1) is 0 Å². The van der Waals surface area contributed by atoms with Crippen LogP contribution in [-0.4, -0.2) is 35.2 Å². The molecule has 0 aliphatic carbocycles. The Bertz CT molecular complexity index is 1160. The van der Waals surface area contributed by atoms with Crippen LogP contribution in [0.5, 0.6) is 0 Å². The van der Waals surface area contributed by atoms with Crippen molar-refractivity contribution in [3.8, 4) is 11.5 Å². The number of esters is 1. The topological polar surface area (TPSA) is 106 Å². The number of anilines is 1. The largest absolute Gasteiger partial charge is 0.470 e. The number of alkyl halides is 3. The molecule has 2 N–H and O–H groups in total. The molecule has 0 aliphatic heterocycles. The summed E-state index contributed by atoms with van der Waals surface area (Å²) >= 11 is 0. The maximum absolute atomic E-state index is 12.7. The summed E-state index contributed by atoms with van der Waals surface area (Å²) in [6.07, 6.45) is -1.82. The number of aromatic nitrogens is 2. The molecule has 1 heterocycles. The highest BCUT2D eigenvalue weighted by molar-refractivity contribution is 5.94. The predicted molar refractivity (Wildman–Crippen MR) is 131 cm³/mol. The van der Waals surface area contributed by atoms with Crippen molar-refractivity contribution in [2.45, 2.75) is 51.7 Å². The quantitative estimate of drug-likeness (QED) is 0.293. The van der Waals surface area contributed by atoms with E-state index < -0.39 is 12.1 Å². The molecule has 8 nitrogen and oxygen atoms in total. The van der Waals surface area contributed by atoms with Gasteiger partial charge in [-0.3, -0.25) is 9.59 Å². The average Bonchev–Trinajstić information content (AvgIpc) is 3.38. The Kier molecular flexibility index (Phi) is 9.64. The van der Waals surface area contributed by atoms with Gasteiger partial charge in [-0.15, -0.1) is 10.2 Å². The van der Waals surface area contributed by atoms with E-state index in [1.54, 1.807) is 43.3 Å². The highest BCUT2D eigenvalue weighted by Gasteiger charge is 2.38. The summed E-state index contributed by atoms with van der Waals surface area (Å²) in [6.45, 7) is 4.30. The first-order valence-electron chi connectivity index (χ1n) is 12.0. The fraction of sp³-hybridized carbons (Fsp3) is 0.385. The Balaban J connectivity index is 1.65. The molecule has 2 aromatic carbocycles. The molecule has 37 heavy (non-hydrogen) atoms. The van der Waals surface area contributed by atoms with E-state index >= 15 is 0 Å². The Labute approximate surface area is 212 Å². The van der Waals surface area contributed by atoms with E-state index in [1.165, 1.54) is 0 Å². The van der Waals surface area contributed by atoms with E-state index in [0.717, 1.165) is 30.5 Å². The Hall–Kier alpha value is -3.89. The molecular formula is C26H29F3N4O4. The first kappa shape index (κ1) is 27.7. The Morgan fingerprint density at radius 2 is 1.73 bits per heavy atom. The minimum atomic E-state index is -4.70. The van der Waals surface area contributed by atoms with Crippen molar-refractivity contribution in [1.82, 2.24) is 15.5 Å². The molecule has 3 rings (SSSR count). The monoisotopic (exact) mass is 518 g/mol. The molecule has 0 bridgehead atoms. The Morgan fingerprint density at radius 3 is 2.32 bits per heavy atom. The van der Waals surface area contributed by atoms with Crippen molar-refractivity contribution in [3.63, 3.8) is 0 Å². The third-order valence-electron chi connectivity index (χ3n) is 5.48. The van der Waals surface area contributed by atoms with Crippen LogP contribution in [0.3, 0.4) is 0 Å². The van der Waals surface area contributed by atoms with E-state index in [4.69, 9.17) is 9.15 Å². The summed E-state index contributed by atoms with van der Waals surface area (Å²) in [6, 6.07) is 13.8. The number of hydrogen-bond donors (Lipinski definition) is 2. The zero-order valence-electron chi connectivity index (χ0n) is 20.6. The number of ether oxygens (including phenoxy) is 1. The summed E-state index contributed by atoms with van der Waals surface area (Å²) in [5, 5.41) is 12.7. The number of carbonyl (C=O) groups excluding carboxylic acids is 2. The van der Waals surface area contributed by atoms with E-state index in [1.807, 2.05) is 12.1 Å². The summed E-state index contributed by atoms with van der Waals surface area (Å²) in [4.78, 5) is 23.7. The number of halogens is 3. The van der Waals surface area contributed by atoms with Gasteiger partial charge in [0.2, 0.25) is 5.89 Å². The summed E-state index contributed by atoms with van der Waals surface area (Å²) in [7, 11) is 0. The van der Waals surface area contributed by atoms with Gasteiger partial charge in [-0.25, -0.2) is 0 Å². The molecule has 198 valence electrons. The van der Waals surface area contributed by atoms with Gasteiger partial charge >= 0.3 is 18.0 Å². The zero-order chi connectivity index (χ0) is 26.8. The van der Waals surface area contributed by atoms with E-state index in [2.05, 4.69) is 27.8 Å². The highest BCUT2D eigenvalue weighted by atomic mass is 19.4. The molecule has 1 amide bonds. The van der Waals surface area contributed by atoms with E-state index in [-0.39, 0.29) is 36.8 Å². The van der Waals surface area contributed by atoms with Crippen LogP contribution in [0.2, 0.25) is 0 Å². The molecule has 3 aromatic rings. The normalized spacial score (nSPS) is 12.1. The number of hydrogen-bond acceptors (Lipinski definition) is 7. The lowest BCUT2D eigenvalue weighted by atomic mass is 9.99. The number of carbonyl (C=O) groups is 2. The van der Waals surface area contributed by atoms with Crippen LogP contribution in [-0.2, 0) is 15.7 Å². The van der Waals surface area contributed by atoms with Crippen molar-refractivity contribution >= 4 is 17.6 Å². The first-order chi connectivity index (χ1) is 17.7. The standard InChI is InChI=1S/C26H29F3N4O4/c1-3-5-6-21(17-7-9-19(10-8-17)24-32-33-25(37-24)26(27,28)29)31-20-13-11-18(12-14-20)23(35)30-16-15-22(34)36-4-2/h7-14,21,31H,3-6,15-16H2,1-2H3,(H,30,35)/t21-/m0/s1. The van der Waals surface area contributed by atoms with Gasteiger partial charge in [0.15, 0.2) is 0 Å². The van der Waals surface area contributed by atoms with Gasteiger partial charge in [-0.1, -0.05) is 31.9 Å².